The predicted octanol–water partition coefficient (Wildman–Crippen LogP) is -0.0110. The third kappa shape index (κ3) is 4.08. The minimum atomic E-state index is -0.794. The van der Waals surface area contributed by atoms with E-state index in [1.54, 1.807) is 20.8 Å². The van der Waals surface area contributed by atoms with Gasteiger partial charge in [0, 0.05) is 0 Å². The van der Waals surface area contributed by atoms with Crippen LogP contribution in [-0.2, 0) is 18.9 Å². The summed E-state index contributed by atoms with van der Waals surface area (Å²) in [6, 6.07) is -0.794. The van der Waals surface area contributed by atoms with E-state index in [-0.39, 0.29) is 0 Å². The number of methoxy groups -OCH3 is 1. The van der Waals surface area contributed by atoms with Crippen LogP contribution in [0.4, 0.5) is 4.79 Å². The number of ether oxygens (including phenoxy) is 2. The summed E-state index contributed by atoms with van der Waals surface area (Å²) in [6.07, 6.45) is -0.457. The van der Waals surface area contributed by atoms with E-state index in [1.807, 2.05) is 0 Å². The molecule has 0 spiro atoms. The average Bonchev–Trinajstić information content (AvgIpc) is 2.70. The van der Waals surface area contributed by atoms with Gasteiger partial charge in [-0.25, -0.2) is 0 Å². The number of carbonyl (C=O) groups excluding carboxylic acids is 2. The molecule has 1 rings (SSSR count). The van der Waals surface area contributed by atoms with Gasteiger partial charge in [0.25, 0.3) is 0 Å². The van der Waals surface area contributed by atoms with E-state index < -0.39 is 29.8 Å². The number of nitrogens with zero attached hydrogens (tertiary/aromatic N) is 1. The van der Waals surface area contributed by atoms with E-state index in [9.17, 15) is 9.59 Å². The SMILES string of the molecule is B=BO[C@@H]1CCN(C(=O)OC(C)(C)C)[C@@H]1C(=O)OC. The van der Waals surface area contributed by atoms with Gasteiger partial charge in [0.1, 0.15) is 0 Å². The maximum absolute atomic E-state index is 12.1. The summed E-state index contributed by atoms with van der Waals surface area (Å²) < 4.78 is 15.3. The molecule has 1 aliphatic rings. The normalized spacial score (nSPS) is 22.6. The number of rotatable bonds is 3. The van der Waals surface area contributed by atoms with Crippen molar-refractivity contribution >= 4 is 26.4 Å². The van der Waals surface area contributed by atoms with Gasteiger partial charge in [0.2, 0.25) is 0 Å². The second kappa shape index (κ2) is 6.21. The fourth-order valence-electron chi connectivity index (χ4n) is 1.96. The van der Waals surface area contributed by atoms with Crippen LogP contribution >= 0.6 is 0 Å². The summed E-state index contributed by atoms with van der Waals surface area (Å²) in [5, 5.41) is 0. The van der Waals surface area contributed by atoms with E-state index in [0.29, 0.717) is 13.0 Å². The number of carbonyl (C=O) groups is 2. The zero-order valence-corrected chi connectivity index (χ0v) is 11.8. The number of esters is 1. The van der Waals surface area contributed by atoms with Gasteiger partial charge in [-0.3, -0.25) is 0 Å². The van der Waals surface area contributed by atoms with Gasteiger partial charge in [-0.2, -0.15) is 0 Å². The van der Waals surface area contributed by atoms with E-state index >= 15 is 0 Å². The van der Waals surface area contributed by atoms with Crippen molar-refractivity contribution in [3.8, 4) is 0 Å². The van der Waals surface area contributed by atoms with Crippen molar-refractivity contribution in [2.75, 3.05) is 13.7 Å². The van der Waals surface area contributed by atoms with Crippen LogP contribution in [-0.4, -0.2) is 62.7 Å². The van der Waals surface area contributed by atoms with Crippen LogP contribution in [0.5, 0.6) is 0 Å². The molecule has 0 bridgehead atoms. The first-order valence-corrected chi connectivity index (χ1v) is 6.14. The number of hydrogen-bond acceptors (Lipinski definition) is 5. The molecule has 8 heteroatoms. The molecular formula is C11H19B2NO5. The second-order valence-corrected chi connectivity index (χ2v) is 5.27. The summed E-state index contributed by atoms with van der Waals surface area (Å²) in [7, 11) is 6.00. The summed E-state index contributed by atoms with van der Waals surface area (Å²) in [5.74, 6) is -0.518. The molecule has 19 heavy (non-hydrogen) atoms. The van der Waals surface area contributed by atoms with Crippen LogP contribution in [0.25, 0.3) is 0 Å². The zero-order valence-electron chi connectivity index (χ0n) is 11.8. The quantitative estimate of drug-likeness (QED) is 0.531. The molecular weight excluding hydrogens is 248 g/mol. The fourth-order valence-corrected chi connectivity index (χ4v) is 1.96. The van der Waals surface area contributed by atoms with Crippen molar-refractivity contribution in [3.05, 3.63) is 0 Å². The number of likely N-dealkylation sites (tertiary alicyclic amines) is 1. The van der Waals surface area contributed by atoms with Crippen LogP contribution in [0.1, 0.15) is 27.2 Å². The van der Waals surface area contributed by atoms with Gasteiger partial charge in [-0.05, 0) is 0 Å². The Morgan fingerprint density at radius 1 is 1.37 bits per heavy atom. The topological polar surface area (TPSA) is 65.1 Å². The first-order valence-electron chi connectivity index (χ1n) is 6.14. The fraction of sp³-hybridized carbons (Fsp3) is 0.818. The predicted molar refractivity (Wildman–Crippen MR) is 71.1 cm³/mol. The molecule has 1 saturated heterocycles. The third-order valence-electron chi connectivity index (χ3n) is 2.68. The summed E-state index contributed by atoms with van der Waals surface area (Å²) in [6.45, 7) is 5.69. The third-order valence-corrected chi connectivity index (χ3v) is 2.68. The van der Waals surface area contributed by atoms with Gasteiger partial charge in [0.05, 0.1) is 0 Å². The van der Waals surface area contributed by atoms with Crippen molar-refractivity contribution in [1.29, 1.82) is 0 Å². The molecule has 1 amide bonds. The van der Waals surface area contributed by atoms with Crippen molar-refractivity contribution in [2.24, 2.45) is 0 Å². The van der Waals surface area contributed by atoms with Crippen molar-refractivity contribution < 1.29 is 23.7 Å². The number of hydrogen-bond donors (Lipinski definition) is 0. The molecule has 1 fully saturated rings. The summed E-state index contributed by atoms with van der Waals surface area (Å²) >= 11 is 0. The molecule has 2 atom stereocenters. The van der Waals surface area contributed by atoms with Gasteiger partial charge >= 0.3 is 114 Å². The minimum absolute atomic E-state index is 0.382. The van der Waals surface area contributed by atoms with Gasteiger partial charge in [-0.1, -0.05) is 0 Å². The Kier molecular flexibility index (Phi) is 5.14. The monoisotopic (exact) mass is 267 g/mol. The first kappa shape index (κ1) is 15.7. The van der Waals surface area contributed by atoms with Crippen molar-refractivity contribution in [2.45, 2.75) is 44.9 Å². The molecule has 0 aromatic heterocycles. The molecule has 0 N–H and O–H groups in total. The standard InChI is InChI=1S/C11H19B2NO5/c1-11(2,3)18-10(16)14-6-5-7(19-13-12)8(14)9(15)17-4/h7-8,12H,5-6H2,1-4H3/t7-,8+/m1/s1. The van der Waals surface area contributed by atoms with E-state index in [2.05, 4.69) is 7.37 Å². The van der Waals surface area contributed by atoms with Crippen LogP contribution in [0, 0.1) is 0 Å². The Morgan fingerprint density at radius 3 is 2.47 bits per heavy atom. The molecule has 104 valence electrons. The number of amides is 1. The molecule has 0 unspecified atom stereocenters. The molecule has 0 saturated carbocycles. The molecule has 1 aliphatic heterocycles. The molecule has 0 aliphatic carbocycles. The zero-order chi connectivity index (χ0) is 14.6. The molecule has 1 heterocycles. The van der Waals surface area contributed by atoms with Crippen LogP contribution in [0.15, 0.2) is 0 Å². The molecule has 0 radical (unpaired) electrons. The Morgan fingerprint density at radius 2 is 2.00 bits per heavy atom. The van der Waals surface area contributed by atoms with Gasteiger partial charge in [-0.15, -0.1) is 0 Å². The van der Waals surface area contributed by atoms with Crippen molar-refractivity contribution in [1.82, 2.24) is 4.90 Å². The van der Waals surface area contributed by atoms with Crippen LogP contribution in [0.2, 0.25) is 0 Å². The Balaban J connectivity index is 2.84. The van der Waals surface area contributed by atoms with E-state index in [1.165, 1.54) is 19.0 Å². The average molecular weight is 267 g/mol. The summed E-state index contributed by atoms with van der Waals surface area (Å²) in [5.41, 5.74) is -0.616. The van der Waals surface area contributed by atoms with E-state index in [0.717, 1.165) is 0 Å². The van der Waals surface area contributed by atoms with E-state index in [4.69, 9.17) is 14.1 Å². The first-order chi connectivity index (χ1) is 8.80. The summed E-state index contributed by atoms with van der Waals surface area (Å²) in [4.78, 5) is 25.2. The molecule has 0 aromatic rings. The van der Waals surface area contributed by atoms with Crippen molar-refractivity contribution in [3.63, 3.8) is 0 Å². The Bertz CT molecular complexity index is 369. The molecule has 6 nitrogen and oxygen atoms in total. The molecule has 0 aromatic carbocycles. The van der Waals surface area contributed by atoms with Gasteiger partial charge in [0.15, 0.2) is 0 Å². The second-order valence-electron chi connectivity index (χ2n) is 5.27. The van der Waals surface area contributed by atoms with Crippen LogP contribution in [0.3, 0.4) is 0 Å². The maximum atomic E-state index is 12.1. The Labute approximate surface area is 114 Å². The van der Waals surface area contributed by atoms with Crippen LogP contribution < -0.4 is 0 Å². The van der Waals surface area contributed by atoms with Gasteiger partial charge < -0.3 is 0 Å². The Hall–Kier alpha value is -1.33.